The molecule has 0 unspecified atom stereocenters. The number of ether oxygens (including phenoxy) is 6. The molecule has 3 heterocycles. The highest BCUT2D eigenvalue weighted by Crippen LogP contribution is 2.45. The van der Waals surface area contributed by atoms with E-state index in [1.54, 1.807) is 0 Å². The molecule has 0 spiro atoms. The van der Waals surface area contributed by atoms with E-state index in [4.69, 9.17) is 28.4 Å². The Labute approximate surface area is 239 Å². The zero-order valence-electron chi connectivity index (χ0n) is 21.6. The number of amides is 3. The van der Waals surface area contributed by atoms with Gasteiger partial charge in [0.15, 0.2) is 17.9 Å². The summed E-state index contributed by atoms with van der Waals surface area (Å²) in [7, 11) is 0. The van der Waals surface area contributed by atoms with E-state index < -0.39 is 86.9 Å². The van der Waals surface area contributed by atoms with E-state index in [9.17, 15) is 28.8 Å². The summed E-state index contributed by atoms with van der Waals surface area (Å²) in [6.45, 7) is 5.42. The van der Waals surface area contributed by atoms with Gasteiger partial charge in [-0.15, -0.1) is 0 Å². The zero-order chi connectivity index (χ0) is 29.2. The Kier molecular flexibility index (Phi) is 9.85. The van der Waals surface area contributed by atoms with Crippen molar-refractivity contribution in [1.29, 1.82) is 0 Å². The second-order valence-corrected chi connectivity index (χ2v) is 11.1. The molecular weight excluding hydrogens is 658 g/mol. The number of carbonyl (C=O) groups is 6. The van der Waals surface area contributed by atoms with Crippen molar-refractivity contribution in [2.75, 3.05) is 13.2 Å². The summed E-state index contributed by atoms with van der Waals surface area (Å²) in [6, 6.07) is -0.959. The van der Waals surface area contributed by atoms with Crippen molar-refractivity contribution in [1.82, 2.24) is 5.32 Å². The van der Waals surface area contributed by atoms with Crippen LogP contribution in [0.2, 0.25) is 0 Å². The number of quaternary nitrogens is 1. The van der Waals surface area contributed by atoms with Crippen molar-refractivity contribution in [2.45, 2.75) is 81.1 Å². The Morgan fingerprint density at radius 3 is 1.59 bits per heavy atom. The van der Waals surface area contributed by atoms with Crippen molar-refractivity contribution >= 4 is 73.4 Å². The van der Waals surface area contributed by atoms with Gasteiger partial charge in [0.1, 0.15) is 35.1 Å². The number of nitrogens with zero attached hydrogens (tertiary/aromatic N) is 2. The molecule has 0 aliphatic carbocycles. The molecule has 0 aromatic heterocycles. The quantitative estimate of drug-likeness (QED) is 0.161. The molecule has 0 radical (unpaired) electrons. The van der Waals surface area contributed by atoms with Gasteiger partial charge in [-0.3, -0.25) is 24.0 Å². The zero-order valence-corrected chi connectivity index (χ0v) is 24.8. The SMILES string of the molecule is CC(=O)OC[C@H]1O[C@@H]([N+]2([C@@H]3O[C@H](COC(C)=O)[C@@H](OC(C)=O)[C@@H]3Br)N=C(C)C(=O)NC2=O)[C@@H](Br)[C@@H]1OC(C)=O. The van der Waals surface area contributed by atoms with Crippen LogP contribution in [0, 0.1) is 0 Å². The van der Waals surface area contributed by atoms with Crippen LogP contribution in [0.25, 0.3) is 0 Å². The number of carbonyl (C=O) groups excluding carboxylic acids is 6. The lowest BCUT2D eigenvalue weighted by molar-refractivity contribution is -0.945. The Morgan fingerprint density at radius 1 is 0.821 bits per heavy atom. The monoisotopic (exact) mass is 684 g/mol. The summed E-state index contributed by atoms with van der Waals surface area (Å²) < 4.78 is 32.2. The van der Waals surface area contributed by atoms with Gasteiger partial charge in [0.05, 0.1) is 0 Å². The first-order valence-electron chi connectivity index (χ1n) is 11.7. The Morgan fingerprint density at radius 2 is 1.23 bits per heavy atom. The molecular formula is C22H28Br2N3O12+. The molecule has 0 aromatic carbocycles. The average Bonchev–Trinajstić information content (AvgIpc) is 3.30. The summed E-state index contributed by atoms with van der Waals surface area (Å²) in [6.07, 6.45) is -6.85. The van der Waals surface area contributed by atoms with Gasteiger partial charge in [0.25, 0.3) is 5.91 Å². The first kappa shape index (κ1) is 31.1. The van der Waals surface area contributed by atoms with Gasteiger partial charge in [-0.2, -0.15) is 0 Å². The predicted molar refractivity (Wildman–Crippen MR) is 134 cm³/mol. The van der Waals surface area contributed by atoms with Crippen LogP contribution in [-0.2, 0) is 52.4 Å². The lowest BCUT2D eigenvalue weighted by atomic mass is 10.1. The lowest BCUT2D eigenvalue weighted by Crippen LogP contribution is -2.72. The van der Waals surface area contributed by atoms with Crippen molar-refractivity contribution in [3.8, 4) is 0 Å². The summed E-state index contributed by atoms with van der Waals surface area (Å²) in [5, 5.41) is 6.65. The topological polar surface area (TPSA) is 182 Å². The fourth-order valence-electron chi connectivity index (χ4n) is 4.46. The second-order valence-electron chi connectivity index (χ2n) is 8.96. The van der Waals surface area contributed by atoms with Gasteiger partial charge < -0.3 is 28.4 Å². The first-order valence-corrected chi connectivity index (χ1v) is 13.5. The van der Waals surface area contributed by atoms with E-state index in [-0.39, 0.29) is 18.9 Å². The highest BCUT2D eigenvalue weighted by molar-refractivity contribution is 9.09. The van der Waals surface area contributed by atoms with E-state index >= 15 is 0 Å². The van der Waals surface area contributed by atoms with E-state index in [1.165, 1.54) is 34.6 Å². The number of halogens is 2. The molecule has 1 N–H and O–H groups in total. The largest absolute Gasteiger partial charge is 0.463 e. The first-order chi connectivity index (χ1) is 18.2. The highest BCUT2D eigenvalue weighted by atomic mass is 79.9. The fraction of sp³-hybridized carbons (Fsp3) is 0.682. The number of alkyl halides is 2. The van der Waals surface area contributed by atoms with E-state index in [2.05, 4.69) is 42.3 Å². The number of nitrogens with one attached hydrogen (secondary N) is 1. The maximum absolute atomic E-state index is 13.7. The Balaban J connectivity index is 2.11. The Hall–Kier alpha value is -2.47. The average molecular weight is 686 g/mol. The Bertz CT molecular complexity index is 1030. The number of esters is 4. The van der Waals surface area contributed by atoms with Crippen LogP contribution in [0.4, 0.5) is 4.79 Å². The summed E-state index contributed by atoms with van der Waals surface area (Å²) in [4.78, 5) is 70.9. The standard InChI is InChI=1S/C22H27Br2N3O12/c1-8-19(32)25-22(33)27(26-8,20-15(23)17(36-11(4)30)13(38-20)6-34-9(2)28)21-16(24)18(37-12(5)31)14(39-21)7-35-10(3)29/h13-18,20-21H,6-7H2,1-5H3/p+1/t13-,14-,15+,16+,17-,18-,20-,21-/m1/s1. The molecule has 0 saturated carbocycles. The summed E-state index contributed by atoms with van der Waals surface area (Å²) >= 11 is 6.90. The molecule has 3 rings (SSSR count). The van der Waals surface area contributed by atoms with E-state index in [0.29, 0.717) is 0 Å². The van der Waals surface area contributed by atoms with Crippen molar-refractivity contribution in [3.63, 3.8) is 0 Å². The van der Waals surface area contributed by atoms with Gasteiger partial charge in [0.2, 0.25) is 12.5 Å². The molecule has 3 aliphatic rings. The number of rotatable bonds is 8. The molecule has 17 heteroatoms. The third-order valence-corrected chi connectivity index (χ3v) is 7.95. The summed E-state index contributed by atoms with van der Waals surface area (Å²) in [5.41, 5.74) is -0.110. The van der Waals surface area contributed by atoms with Crippen molar-refractivity contribution in [3.05, 3.63) is 0 Å². The van der Waals surface area contributed by atoms with Crippen LogP contribution in [-0.4, -0.2) is 106 Å². The molecule has 0 bridgehead atoms. The minimum Gasteiger partial charge on any atom is -0.463 e. The number of imide groups is 1. The van der Waals surface area contributed by atoms with Crippen LogP contribution in [0.3, 0.4) is 0 Å². The van der Waals surface area contributed by atoms with Crippen LogP contribution in [0.5, 0.6) is 0 Å². The number of hydrogen-bond acceptors (Lipinski definition) is 13. The van der Waals surface area contributed by atoms with Crippen molar-refractivity contribution in [2.24, 2.45) is 5.10 Å². The molecule has 2 saturated heterocycles. The molecule has 0 aromatic rings. The second kappa shape index (κ2) is 12.4. The minimum atomic E-state index is -1.33. The van der Waals surface area contributed by atoms with E-state index in [0.717, 1.165) is 0 Å². The van der Waals surface area contributed by atoms with Gasteiger partial charge in [-0.1, -0.05) is 41.6 Å². The van der Waals surface area contributed by atoms with Crippen LogP contribution in [0.15, 0.2) is 5.10 Å². The molecule has 8 atom stereocenters. The van der Waals surface area contributed by atoms with Gasteiger partial charge in [0, 0.05) is 27.7 Å². The maximum atomic E-state index is 13.7. The lowest BCUT2D eigenvalue weighted by Gasteiger charge is -2.41. The molecule has 2 fully saturated rings. The highest BCUT2D eigenvalue weighted by Gasteiger charge is 2.70. The van der Waals surface area contributed by atoms with Gasteiger partial charge >= 0.3 is 29.9 Å². The van der Waals surface area contributed by atoms with Crippen LogP contribution in [0.1, 0.15) is 34.6 Å². The van der Waals surface area contributed by atoms with Crippen LogP contribution < -0.4 is 5.32 Å². The maximum Gasteiger partial charge on any atom is 0.454 e. The minimum absolute atomic E-state index is 0.110. The van der Waals surface area contributed by atoms with Crippen LogP contribution >= 0.6 is 31.9 Å². The summed E-state index contributed by atoms with van der Waals surface area (Å²) in [5.74, 6) is -3.34. The molecule has 216 valence electrons. The third-order valence-electron chi connectivity index (χ3n) is 6.01. The fourth-order valence-corrected chi connectivity index (χ4v) is 6.32. The van der Waals surface area contributed by atoms with Gasteiger partial charge in [-0.25, -0.2) is 10.1 Å². The normalized spacial score (nSPS) is 36.0. The molecule has 3 amide bonds. The number of hydrogen-bond donors (Lipinski definition) is 1. The predicted octanol–water partition coefficient (Wildman–Crippen LogP) is 0.395. The number of urea groups is 1. The molecule has 3 aliphatic heterocycles. The molecule has 15 nitrogen and oxygen atoms in total. The molecule has 39 heavy (non-hydrogen) atoms. The van der Waals surface area contributed by atoms with Gasteiger partial charge in [-0.05, 0) is 6.92 Å². The smallest absolute Gasteiger partial charge is 0.454 e. The third kappa shape index (κ3) is 6.48. The van der Waals surface area contributed by atoms with Crippen molar-refractivity contribution < 1.29 is 61.8 Å². The van der Waals surface area contributed by atoms with E-state index in [1.807, 2.05) is 0 Å².